The molecule has 0 aliphatic heterocycles. The third-order valence-corrected chi connectivity index (χ3v) is 3.50. The van der Waals surface area contributed by atoms with Gasteiger partial charge in [0.2, 0.25) is 0 Å². The molecular formula is C13H10BrCl2NO. The first-order chi connectivity index (χ1) is 8.56. The fourth-order valence-corrected chi connectivity index (χ4v) is 2.26. The minimum absolute atomic E-state index is 0.206. The van der Waals surface area contributed by atoms with Crippen molar-refractivity contribution in [2.75, 3.05) is 5.32 Å². The molecule has 2 N–H and O–H groups in total. The molecule has 0 spiro atoms. The van der Waals surface area contributed by atoms with Crippen molar-refractivity contribution in [3.63, 3.8) is 0 Å². The second-order valence-electron chi connectivity index (χ2n) is 3.75. The Kier molecular flexibility index (Phi) is 4.38. The smallest absolute Gasteiger partial charge is 0.120 e. The molecule has 2 rings (SSSR count). The number of anilines is 1. The van der Waals surface area contributed by atoms with E-state index < -0.39 is 0 Å². The summed E-state index contributed by atoms with van der Waals surface area (Å²) in [5, 5.41) is 14.1. The van der Waals surface area contributed by atoms with E-state index in [1.807, 2.05) is 12.1 Å². The van der Waals surface area contributed by atoms with Gasteiger partial charge in [-0.2, -0.15) is 0 Å². The summed E-state index contributed by atoms with van der Waals surface area (Å²) in [5.74, 6) is 0.206. The second-order valence-corrected chi connectivity index (χ2v) is 5.51. The van der Waals surface area contributed by atoms with Gasteiger partial charge in [0.25, 0.3) is 0 Å². The van der Waals surface area contributed by atoms with Gasteiger partial charge in [-0.3, -0.25) is 0 Å². The van der Waals surface area contributed by atoms with E-state index in [9.17, 15) is 5.11 Å². The lowest BCUT2D eigenvalue weighted by Gasteiger charge is -2.10. The number of nitrogens with one attached hydrogen (secondary N) is 1. The van der Waals surface area contributed by atoms with Gasteiger partial charge in [-0.15, -0.1) is 0 Å². The Morgan fingerprint density at radius 3 is 2.67 bits per heavy atom. The minimum Gasteiger partial charge on any atom is -0.508 e. The summed E-state index contributed by atoms with van der Waals surface area (Å²) in [7, 11) is 0. The summed E-state index contributed by atoms with van der Waals surface area (Å²) in [5.41, 5.74) is 1.52. The van der Waals surface area contributed by atoms with Crippen LogP contribution in [0, 0.1) is 0 Å². The SMILES string of the molecule is Oc1ccc(Cl)cc1CNc1cc(Br)ccc1Cl. The topological polar surface area (TPSA) is 32.3 Å². The number of benzene rings is 2. The number of aromatic hydroxyl groups is 1. The predicted molar refractivity (Wildman–Crippen MR) is 79.6 cm³/mol. The highest BCUT2D eigenvalue weighted by atomic mass is 79.9. The molecule has 0 radical (unpaired) electrons. The van der Waals surface area contributed by atoms with Crippen LogP contribution < -0.4 is 5.32 Å². The Morgan fingerprint density at radius 1 is 1.11 bits per heavy atom. The molecule has 2 aromatic rings. The first-order valence-corrected chi connectivity index (χ1v) is 6.77. The molecule has 94 valence electrons. The molecule has 2 aromatic carbocycles. The van der Waals surface area contributed by atoms with Crippen LogP contribution in [0.3, 0.4) is 0 Å². The van der Waals surface area contributed by atoms with Crippen molar-refractivity contribution in [1.82, 2.24) is 0 Å². The molecule has 0 amide bonds. The molecule has 2 nitrogen and oxygen atoms in total. The van der Waals surface area contributed by atoms with Gasteiger partial charge in [0.05, 0.1) is 10.7 Å². The maximum Gasteiger partial charge on any atom is 0.120 e. The van der Waals surface area contributed by atoms with Crippen LogP contribution in [0.4, 0.5) is 5.69 Å². The molecule has 0 atom stereocenters. The molecule has 0 heterocycles. The number of hydrogen-bond acceptors (Lipinski definition) is 2. The van der Waals surface area contributed by atoms with Crippen LogP contribution in [0.1, 0.15) is 5.56 Å². The molecule has 5 heteroatoms. The molecule has 0 aliphatic carbocycles. The highest BCUT2D eigenvalue weighted by molar-refractivity contribution is 9.10. The fraction of sp³-hybridized carbons (Fsp3) is 0.0769. The van der Waals surface area contributed by atoms with E-state index in [1.54, 1.807) is 24.3 Å². The maximum atomic E-state index is 9.70. The summed E-state index contributed by atoms with van der Waals surface area (Å²) in [6.07, 6.45) is 0. The number of halogens is 3. The van der Waals surface area contributed by atoms with Crippen LogP contribution in [0.15, 0.2) is 40.9 Å². The summed E-state index contributed by atoms with van der Waals surface area (Å²) in [6.45, 7) is 0.447. The van der Waals surface area contributed by atoms with E-state index in [0.29, 0.717) is 16.6 Å². The molecule has 0 fully saturated rings. The number of phenolic OH excluding ortho intramolecular Hbond substituents is 1. The lowest BCUT2D eigenvalue weighted by Crippen LogP contribution is -2.00. The van der Waals surface area contributed by atoms with Crippen molar-refractivity contribution >= 4 is 44.8 Å². The van der Waals surface area contributed by atoms with Crippen LogP contribution in [-0.4, -0.2) is 5.11 Å². The van der Waals surface area contributed by atoms with Crippen molar-refractivity contribution in [1.29, 1.82) is 0 Å². The first kappa shape index (κ1) is 13.5. The van der Waals surface area contributed by atoms with Gasteiger partial charge in [0, 0.05) is 21.6 Å². The van der Waals surface area contributed by atoms with Gasteiger partial charge in [0.1, 0.15) is 5.75 Å². The van der Waals surface area contributed by atoms with Crippen molar-refractivity contribution in [2.45, 2.75) is 6.54 Å². The zero-order valence-corrected chi connectivity index (χ0v) is 12.4. The van der Waals surface area contributed by atoms with E-state index >= 15 is 0 Å². The minimum atomic E-state index is 0.206. The van der Waals surface area contributed by atoms with E-state index in [4.69, 9.17) is 23.2 Å². The number of phenols is 1. The normalized spacial score (nSPS) is 10.4. The van der Waals surface area contributed by atoms with Gasteiger partial charge in [-0.25, -0.2) is 0 Å². The number of rotatable bonds is 3. The Balaban J connectivity index is 2.16. The summed E-state index contributed by atoms with van der Waals surface area (Å²) < 4.78 is 0.935. The third-order valence-electron chi connectivity index (χ3n) is 2.44. The van der Waals surface area contributed by atoms with E-state index in [0.717, 1.165) is 15.7 Å². The lowest BCUT2D eigenvalue weighted by molar-refractivity contribution is 0.469. The number of hydrogen-bond donors (Lipinski definition) is 2. The molecular weight excluding hydrogens is 337 g/mol. The summed E-state index contributed by atoms with van der Waals surface area (Å²) in [4.78, 5) is 0. The highest BCUT2D eigenvalue weighted by Gasteiger charge is 2.04. The van der Waals surface area contributed by atoms with E-state index in [-0.39, 0.29) is 5.75 Å². The zero-order valence-electron chi connectivity index (χ0n) is 9.25. The molecule has 0 aliphatic rings. The van der Waals surface area contributed by atoms with Gasteiger partial charge in [-0.05, 0) is 36.4 Å². The van der Waals surface area contributed by atoms with Crippen LogP contribution in [0.25, 0.3) is 0 Å². The standard InChI is InChI=1S/C13H10BrCl2NO/c14-9-1-3-11(16)12(6-9)17-7-8-5-10(15)2-4-13(8)18/h1-6,17-18H,7H2. The van der Waals surface area contributed by atoms with Gasteiger partial charge in [-0.1, -0.05) is 39.1 Å². The van der Waals surface area contributed by atoms with E-state index in [1.165, 1.54) is 0 Å². The second kappa shape index (κ2) is 5.83. The molecule has 18 heavy (non-hydrogen) atoms. The van der Waals surface area contributed by atoms with Gasteiger partial charge < -0.3 is 10.4 Å². The first-order valence-electron chi connectivity index (χ1n) is 5.22. The third kappa shape index (κ3) is 3.31. The Bertz CT molecular complexity index is 523. The van der Waals surface area contributed by atoms with Crippen molar-refractivity contribution in [3.05, 3.63) is 56.5 Å². The fourth-order valence-electron chi connectivity index (χ4n) is 1.52. The van der Waals surface area contributed by atoms with Crippen LogP contribution in [0.2, 0.25) is 10.0 Å². The van der Waals surface area contributed by atoms with Crippen molar-refractivity contribution < 1.29 is 5.11 Å². The average molecular weight is 347 g/mol. The summed E-state index contributed by atoms with van der Waals surface area (Å²) in [6, 6.07) is 10.5. The van der Waals surface area contributed by atoms with Crippen molar-refractivity contribution in [2.24, 2.45) is 0 Å². The average Bonchev–Trinajstić information content (AvgIpc) is 2.34. The largest absolute Gasteiger partial charge is 0.508 e. The van der Waals surface area contributed by atoms with Crippen LogP contribution in [-0.2, 0) is 6.54 Å². The lowest BCUT2D eigenvalue weighted by atomic mass is 10.2. The summed E-state index contributed by atoms with van der Waals surface area (Å²) >= 11 is 15.3. The van der Waals surface area contributed by atoms with Gasteiger partial charge >= 0.3 is 0 Å². The molecule has 0 saturated carbocycles. The maximum absolute atomic E-state index is 9.70. The molecule has 0 unspecified atom stereocenters. The van der Waals surface area contributed by atoms with E-state index in [2.05, 4.69) is 21.2 Å². The van der Waals surface area contributed by atoms with Crippen LogP contribution >= 0.6 is 39.1 Å². The Hall–Kier alpha value is -0.900. The molecule has 0 saturated heterocycles. The predicted octanol–water partition coefficient (Wildman–Crippen LogP) is 5.07. The van der Waals surface area contributed by atoms with Crippen molar-refractivity contribution in [3.8, 4) is 5.75 Å². The molecule has 0 bridgehead atoms. The monoisotopic (exact) mass is 345 g/mol. The van der Waals surface area contributed by atoms with Crippen LogP contribution in [0.5, 0.6) is 5.75 Å². The Morgan fingerprint density at radius 2 is 1.89 bits per heavy atom. The highest BCUT2D eigenvalue weighted by Crippen LogP contribution is 2.28. The Labute approximate surface area is 124 Å². The molecule has 0 aromatic heterocycles. The quantitative estimate of drug-likeness (QED) is 0.812. The van der Waals surface area contributed by atoms with Gasteiger partial charge in [0.15, 0.2) is 0 Å². The zero-order chi connectivity index (χ0) is 13.1.